The third-order valence-electron chi connectivity index (χ3n) is 3.56. The second kappa shape index (κ2) is 7.81. The number of nitrogens with zero attached hydrogens (tertiary/aromatic N) is 1. The fourth-order valence-electron chi connectivity index (χ4n) is 2.36. The molecule has 0 unspecified atom stereocenters. The number of thioether (sulfide) groups is 1. The van der Waals surface area contributed by atoms with E-state index >= 15 is 0 Å². The highest BCUT2D eigenvalue weighted by molar-refractivity contribution is 7.99. The zero-order valence-electron chi connectivity index (χ0n) is 13.7. The second-order valence-electron chi connectivity index (χ2n) is 5.41. The minimum Gasteiger partial charge on any atom is -0.333 e. The molecule has 0 aliphatic heterocycles. The Balaban J connectivity index is 1.60. The first kappa shape index (κ1) is 17.0. The van der Waals surface area contributed by atoms with Crippen LogP contribution in [0.5, 0.6) is 0 Å². The van der Waals surface area contributed by atoms with E-state index in [1.54, 1.807) is 30.5 Å². The van der Waals surface area contributed by atoms with Gasteiger partial charge in [-0.05, 0) is 24.6 Å². The number of rotatable bonds is 6. The molecule has 25 heavy (non-hydrogen) atoms. The quantitative estimate of drug-likeness (QED) is 0.520. The predicted molar refractivity (Wildman–Crippen MR) is 99.8 cm³/mol. The molecule has 3 aromatic rings. The molecular weight excluding hydrogens is 334 g/mol. The summed E-state index contributed by atoms with van der Waals surface area (Å²) in [6, 6.07) is 16.8. The number of Topliss-reactive ketones (excluding diaryl/α,β-unsaturated/α-hetero) is 1. The highest BCUT2D eigenvalue weighted by atomic mass is 32.2. The molecule has 0 aliphatic carbocycles. The molecule has 0 bridgehead atoms. The molecule has 0 spiro atoms. The van der Waals surface area contributed by atoms with Gasteiger partial charge in [-0.3, -0.25) is 9.59 Å². The number of imidazole rings is 1. The molecule has 3 rings (SSSR count). The molecule has 1 aromatic heterocycles. The number of hydrogen-bond donors (Lipinski definition) is 2. The fraction of sp³-hybridized carbons (Fsp3) is 0.105. The number of anilines is 1. The molecule has 2 aromatic carbocycles. The monoisotopic (exact) mass is 351 g/mol. The Kier molecular flexibility index (Phi) is 5.30. The van der Waals surface area contributed by atoms with Crippen LogP contribution >= 0.6 is 11.8 Å². The summed E-state index contributed by atoms with van der Waals surface area (Å²) < 4.78 is 0. The topological polar surface area (TPSA) is 74.8 Å². The van der Waals surface area contributed by atoms with Crippen molar-refractivity contribution in [2.75, 3.05) is 11.1 Å². The number of hydrogen-bond acceptors (Lipinski definition) is 4. The molecule has 0 atom stereocenters. The van der Waals surface area contributed by atoms with Crippen molar-refractivity contribution in [2.45, 2.75) is 12.1 Å². The molecule has 2 N–H and O–H groups in total. The molecule has 1 heterocycles. The number of aromatic amines is 1. The number of benzene rings is 2. The average Bonchev–Trinajstić information content (AvgIpc) is 3.10. The van der Waals surface area contributed by atoms with E-state index in [-0.39, 0.29) is 17.4 Å². The van der Waals surface area contributed by atoms with Gasteiger partial charge < -0.3 is 10.3 Å². The Morgan fingerprint density at radius 1 is 1.08 bits per heavy atom. The highest BCUT2D eigenvalue weighted by Gasteiger charge is 2.11. The lowest BCUT2D eigenvalue weighted by Gasteiger charge is -2.08. The third-order valence-corrected chi connectivity index (χ3v) is 4.45. The Hall–Kier alpha value is -2.86. The normalized spacial score (nSPS) is 10.4. The molecule has 0 saturated carbocycles. The summed E-state index contributed by atoms with van der Waals surface area (Å²) in [6.07, 6.45) is 1.75. The van der Waals surface area contributed by atoms with Crippen molar-refractivity contribution in [3.63, 3.8) is 0 Å². The van der Waals surface area contributed by atoms with E-state index in [0.29, 0.717) is 16.4 Å². The van der Waals surface area contributed by atoms with Crippen LogP contribution in [-0.2, 0) is 4.79 Å². The molecule has 1 amide bonds. The van der Waals surface area contributed by atoms with Gasteiger partial charge in [-0.25, -0.2) is 4.98 Å². The number of para-hydroxylation sites is 1. The molecule has 0 aliphatic rings. The van der Waals surface area contributed by atoms with Crippen molar-refractivity contribution in [1.82, 2.24) is 9.97 Å². The summed E-state index contributed by atoms with van der Waals surface area (Å²) in [5.74, 6) is -0.0630. The Bertz CT molecular complexity index is 890. The first-order valence-electron chi connectivity index (χ1n) is 7.76. The summed E-state index contributed by atoms with van der Waals surface area (Å²) in [7, 11) is 0. The number of aromatic nitrogens is 2. The van der Waals surface area contributed by atoms with E-state index in [0.717, 1.165) is 11.3 Å². The Morgan fingerprint density at radius 3 is 2.56 bits per heavy atom. The molecule has 0 saturated heterocycles. The summed E-state index contributed by atoms with van der Waals surface area (Å²) in [6.45, 7) is 1.48. The maximum absolute atomic E-state index is 12.2. The summed E-state index contributed by atoms with van der Waals surface area (Å²) >= 11 is 1.31. The van der Waals surface area contributed by atoms with Crippen LogP contribution in [0.25, 0.3) is 11.3 Å². The summed E-state index contributed by atoms with van der Waals surface area (Å²) in [5.41, 5.74) is 2.99. The van der Waals surface area contributed by atoms with Crippen LogP contribution in [0.4, 0.5) is 5.69 Å². The van der Waals surface area contributed by atoms with Gasteiger partial charge in [-0.1, -0.05) is 54.2 Å². The number of amides is 1. The van der Waals surface area contributed by atoms with Crippen LogP contribution in [-0.4, -0.2) is 27.4 Å². The van der Waals surface area contributed by atoms with E-state index < -0.39 is 0 Å². The lowest BCUT2D eigenvalue weighted by atomic mass is 10.1. The zero-order chi connectivity index (χ0) is 17.6. The molecule has 0 fully saturated rings. The van der Waals surface area contributed by atoms with E-state index in [4.69, 9.17) is 0 Å². The molecule has 126 valence electrons. The van der Waals surface area contributed by atoms with E-state index in [9.17, 15) is 9.59 Å². The van der Waals surface area contributed by atoms with Crippen LogP contribution in [0.1, 0.15) is 17.3 Å². The van der Waals surface area contributed by atoms with Crippen LogP contribution in [0, 0.1) is 0 Å². The van der Waals surface area contributed by atoms with E-state index in [1.807, 2.05) is 30.3 Å². The number of H-pyrrole nitrogens is 1. The summed E-state index contributed by atoms with van der Waals surface area (Å²) in [5, 5.41) is 3.45. The Labute approximate surface area is 149 Å². The van der Waals surface area contributed by atoms with Gasteiger partial charge in [-0.15, -0.1) is 0 Å². The van der Waals surface area contributed by atoms with E-state index in [1.165, 1.54) is 18.7 Å². The second-order valence-corrected chi connectivity index (χ2v) is 6.37. The van der Waals surface area contributed by atoms with Crippen molar-refractivity contribution < 1.29 is 9.59 Å². The highest BCUT2D eigenvalue weighted by Crippen LogP contribution is 2.22. The third kappa shape index (κ3) is 4.36. The first-order valence-corrected chi connectivity index (χ1v) is 8.75. The van der Waals surface area contributed by atoms with Gasteiger partial charge in [-0.2, -0.15) is 0 Å². The number of nitrogens with one attached hydrogen (secondary N) is 2. The van der Waals surface area contributed by atoms with Crippen molar-refractivity contribution >= 4 is 29.1 Å². The molecule has 0 radical (unpaired) electrons. The smallest absolute Gasteiger partial charge is 0.234 e. The van der Waals surface area contributed by atoms with Crippen LogP contribution in [0.2, 0.25) is 0 Å². The lowest BCUT2D eigenvalue weighted by Crippen LogP contribution is -2.16. The SMILES string of the molecule is CC(=O)c1ccccc1NC(=O)CSc1ncc(-c2ccccc2)[nH]1. The van der Waals surface area contributed by atoms with E-state index in [2.05, 4.69) is 15.3 Å². The van der Waals surface area contributed by atoms with Crippen molar-refractivity contribution in [3.8, 4) is 11.3 Å². The maximum Gasteiger partial charge on any atom is 0.234 e. The maximum atomic E-state index is 12.2. The lowest BCUT2D eigenvalue weighted by molar-refractivity contribution is -0.113. The fourth-order valence-corrected chi connectivity index (χ4v) is 3.01. The van der Waals surface area contributed by atoms with Gasteiger partial charge in [0.2, 0.25) is 5.91 Å². The van der Waals surface area contributed by atoms with Gasteiger partial charge >= 0.3 is 0 Å². The number of ketones is 1. The van der Waals surface area contributed by atoms with Crippen LogP contribution in [0.15, 0.2) is 66.0 Å². The minimum absolute atomic E-state index is 0.0814. The van der Waals surface area contributed by atoms with Gasteiger partial charge in [0.05, 0.1) is 23.3 Å². The summed E-state index contributed by atoms with van der Waals surface area (Å²) in [4.78, 5) is 31.2. The van der Waals surface area contributed by atoms with Gasteiger partial charge in [0.25, 0.3) is 0 Å². The van der Waals surface area contributed by atoms with Gasteiger partial charge in [0.1, 0.15) is 0 Å². The zero-order valence-corrected chi connectivity index (χ0v) is 14.5. The van der Waals surface area contributed by atoms with Crippen molar-refractivity contribution in [1.29, 1.82) is 0 Å². The number of carbonyl (C=O) groups is 2. The average molecular weight is 351 g/mol. The van der Waals surface area contributed by atoms with Crippen molar-refractivity contribution in [3.05, 3.63) is 66.4 Å². The van der Waals surface area contributed by atoms with Crippen LogP contribution in [0.3, 0.4) is 0 Å². The molecule has 5 nitrogen and oxygen atoms in total. The largest absolute Gasteiger partial charge is 0.333 e. The first-order chi connectivity index (χ1) is 12.1. The van der Waals surface area contributed by atoms with Crippen molar-refractivity contribution in [2.24, 2.45) is 0 Å². The standard InChI is InChI=1S/C19H17N3O2S/c1-13(23)15-9-5-6-10-16(15)21-18(24)12-25-19-20-11-17(22-19)14-7-3-2-4-8-14/h2-11H,12H2,1H3,(H,20,22)(H,21,24). The van der Waals surface area contributed by atoms with Gasteiger partial charge in [0.15, 0.2) is 10.9 Å². The minimum atomic E-state index is -0.184. The Morgan fingerprint density at radius 2 is 1.80 bits per heavy atom. The molecule has 6 heteroatoms. The predicted octanol–water partition coefficient (Wildman–Crippen LogP) is 4.01. The van der Waals surface area contributed by atoms with Crippen LogP contribution < -0.4 is 5.32 Å². The van der Waals surface area contributed by atoms with Gasteiger partial charge in [0, 0.05) is 5.56 Å². The number of carbonyl (C=O) groups excluding carboxylic acids is 2. The molecular formula is C19H17N3O2S.